The van der Waals surface area contributed by atoms with E-state index in [-0.39, 0.29) is 42.1 Å². The van der Waals surface area contributed by atoms with E-state index in [0.717, 1.165) is 30.4 Å². The van der Waals surface area contributed by atoms with Crippen LogP contribution < -0.4 is 4.74 Å². The van der Waals surface area contributed by atoms with Crippen LogP contribution in [0.2, 0.25) is 0 Å². The molecule has 0 saturated carbocycles. The van der Waals surface area contributed by atoms with Crippen molar-refractivity contribution in [2.75, 3.05) is 34.3 Å². The van der Waals surface area contributed by atoms with Gasteiger partial charge in [-0.05, 0) is 68.6 Å². The van der Waals surface area contributed by atoms with E-state index in [1.807, 2.05) is 34.1 Å². The number of rotatable bonds is 12. The maximum Gasteiger partial charge on any atom is 0.367 e. The predicted octanol–water partition coefficient (Wildman–Crippen LogP) is 5.68. The lowest BCUT2D eigenvalue weighted by atomic mass is 9.72. The number of likely N-dealkylation sites (N-methyl/N-ethyl adjacent to an activating group) is 1. The van der Waals surface area contributed by atoms with Gasteiger partial charge in [-0.25, -0.2) is 4.79 Å². The summed E-state index contributed by atoms with van der Waals surface area (Å²) >= 11 is 0. The molecule has 1 N–H and O–H groups in total. The van der Waals surface area contributed by atoms with E-state index in [0.29, 0.717) is 28.6 Å². The molecule has 1 aromatic rings. The minimum atomic E-state index is -0.779. The number of allylic oxidation sites excluding steroid dienone is 3. The Hall–Kier alpha value is -2.87. The Kier molecular flexibility index (Phi) is 9.71. The number of carbonyl (C=O) groups is 1. The zero-order valence-corrected chi connectivity index (χ0v) is 22.9. The smallest absolute Gasteiger partial charge is 0.367 e. The first kappa shape index (κ1) is 29.4. The van der Waals surface area contributed by atoms with Crippen molar-refractivity contribution < 1.29 is 29.0 Å². The first-order valence-corrected chi connectivity index (χ1v) is 12.6. The normalized spacial score (nSPS) is 18.4. The average molecular weight is 504 g/mol. The van der Waals surface area contributed by atoms with Crippen LogP contribution in [0.3, 0.4) is 0 Å². The summed E-state index contributed by atoms with van der Waals surface area (Å²) in [5.74, 6) is 0.122. The fourth-order valence-corrected chi connectivity index (χ4v) is 4.82. The van der Waals surface area contributed by atoms with E-state index < -0.39 is 5.09 Å². The van der Waals surface area contributed by atoms with Crippen LogP contribution >= 0.6 is 0 Å². The molecule has 8 nitrogen and oxygen atoms in total. The van der Waals surface area contributed by atoms with E-state index in [1.54, 1.807) is 6.07 Å². The number of unbranched alkanes of at least 4 members (excludes halogenated alkanes) is 1. The first-order chi connectivity index (χ1) is 16.6. The summed E-state index contributed by atoms with van der Waals surface area (Å²) < 4.78 is 6.38. The van der Waals surface area contributed by atoms with Crippen LogP contribution in [0.1, 0.15) is 76.8 Å². The number of ether oxygens (including phenoxy) is 1. The minimum absolute atomic E-state index is 0.0524. The quantitative estimate of drug-likeness (QED) is 0.0750. The van der Waals surface area contributed by atoms with E-state index in [9.17, 15) is 20.0 Å². The monoisotopic (exact) mass is 503 g/mol. The van der Waals surface area contributed by atoms with E-state index in [4.69, 9.17) is 4.74 Å². The van der Waals surface area contributed by atoms with Gasteiger partial charge in [-0.15, -0.1) is 10.1 Å². The predicted molar refractivity (Wildman–Crippen MR) is 141 cm³/mol. The molecule has 2 atom stereocenters. The third-order valence-electron chi connectivity index (χ3n) is 6.84. The molecule has 0 spiro atoms. The summed E-state index contributed by atoms with van der Waals surface area (Å²) in [5, 5.41) is 20.9. The van der Waals surface area contributed by atoms with Gasteiger partial charge < -0.3 is 19.2 Å². The van der Waals surface area contributed by atoms with Gasteiger partial charge in [-0.2, -0.15) is 0 Å². The number of carbonyl (C=O) groups excluding carboxylic acids is 1. The number of quaternary nitrogens is 1. The number of phenolic OH excluding ortho intramolecular Hbond substituents is 1. The van der Waals surface area contributed by atoms with Crippen LogP contribution in [0.15, 0.2) is 35.9 Å². The summed E-state index contributed by atoms with van der Waals surface area (Å²) in [7, 11) is 5.77. The van der Waals surface area contributed by atoms with Crippen LogP contribution in [0.25, 0.3) is 0 Å². The number of nitrogens with zero attached hydrogens (tertiary/aromatic N) is 2. The molecule has 0 bridgehead atoms. The van der Waals surface area contributed by atoms with Gasteiger partial charge in [0.25, 0.3) is 5.09 Å². The van der Waals surface area contributed by atoms with Crippen molar-refractivity contribution in [2.45, 2.75) is 71.1 Å². The van der Waals surface area contributed by atoms with Gasteiger partial charge in [-0.3, -0.25) is 0 Å². The molecule has 0 aromatic heterocycles. The van der Waals surface area contributed by atoms with Crippen molar-refractivity contribution in [2.24, 2.45) is 5.92 Å². The van der Waals surface area contributed by atoms with Crippen LogP contribution in [-0.2, 0) is 15.0 Å². The van der Waals surface area contributed by atoms with Gasteiger partial charge in [-0.1, -0.05) is 44.1 Å². The summed E-state index contributed by atoms with van der Waals surface area (Å²) in [6.45, 7) is 12.6. The molecule has 1 aromatic carbocycles. The zero-order chi connectivity index (χ0) is 27.3. The van der Waals surface area contributed by atoms with Crippen molar-refractivity contribution in [3.05, 3.63) is 57.2 Å². The minimum Gasteiger partial charge on any atom is -0.507 e. The van der Waals surface area contributed by atoms with E-state index >= 15 is 0 Å². The molecule has 1 aliphatic rings. The van der Waals surface area contributed by atoms with E-state index in [2.05, 4.69) is 38.3 Å². The highest BCUT2D eigenvalue weighted by Gasteiger charge is 2.33. The second kappa shape index (κ2) is 11.9. The molecule has 0 fully saturated rings. The van der Waals surface area contributed by atoms with Crippen molar-refractivity contribution in [1.82, 2.24) is 0 Å². The Labute approximate surface area is 215 Å². The van der Waals surface area contributed by atoms with Gasteiger partial charge >= 0.3 is 5.97 Å². The van der Waals surface area contributed by atoms with Crippen LogP contribution in [0.5, 0.6) is 11.5 Å². The summed E-state index contributed by atoms with van der Waals surface area (Å²) in [5.41, 5.74) is 3.37. The Bertz CT molecular complexity index is 1010. The van der Waals surface area contributed by atoms with Crippen molar-refractivity contribution >= 4 is 5.97 Å². The Morgan fingerprint density at radius 1 is 1.28 bits per heavy atom. The van der Waals surface area contributed by atoms with Gasteiger partial charge in [0, 0.05) is 11.5 Å². The molecule has 0 unspecified atom stereocenters. The van der Waals surface area contributed by atoms with Crippen molar-refractivity contribution in [3.63, 3.8) is 0 Å². The Balaban J connectivity index is 2.47. The second-order valence-electron chi connectivity index (χ2n) is 11.8. The Morgan fingerprint density at radius 3 is 2.53 bits per heavy atom. The molecular formula is C28H43N2O6+. The molecule has 2 rings (SSSR count). The number of aromatic hydroxyl groups is 1. The number of hydrogen-bond acceptors (Lipinski definition) is 6. The maximum absolute atomic E-state index is 12.9. The molecule has 8 heteroatoms. The van der Waals surface area contributed by atoms with Crippen molar-refractivity contribution in [1.29, 1.82) is 0 Å². The molecule has 1 aliphatic carbocycles. The molecule has 200 valence electrons. The van der Waals surface area contributed by atoms with E-state index in [1.165, 1.54) is 5.57 Å². The van der Waals surface area contributed by atoms with Crippen LogP contribution in [0.4, 0.5) is 0 Å². The molecule has 0 heterocycles. The van der Waals surface area contributed by atoms with Gasteiger partial charge in [0.1, 0.15) is 11.5 Å². The Morgan fingerprint density at radius 2 is 1.94 bits per heavy atom. The number of benzene rings is 1. The molecular weight excluding hydrogens is 460 g/mol. The van der Waals surface area contributed by atoms with Gasteiger partial charge in [0.05, 0.1) is 27.7 Å². The lowest BCUT2D eigenvalue weighted by Crippen LogP contribution is -2.41. The summed E-state index contributed by atoms with van der Waals surface area (Å²) in [6, 6.07) is 3.65. The second-order valence-corrected chi connectivity index (χ2v) is 11.8. The standard InChI is InChI=1S/C28H42N2O6/c1-19(2)22-12-11-20(3)15-23(22)27-24(31)16-21(17-25(27)36-26(32)18-30(6,7)8)28(4,5)13-9-10-14-35-29(33)34/h15-17,22-23H,1,9-14,18H2,2-8H3/p+1/t22-,23+/m1/s1. The van der Waals surface area contributed by atoms with Gasteiger partial charge in [0.2, 0.25) is 0 Å². The maximum atomic E-state index is 12.9. The SMILES string of the molecule is C=C(C)[C@H]1CCC(C)=C[C@@H]1c1c(O)cc(C(C)(C)CCCCO[N+](=O)[O-])cc1OC(=O)C[N+](C)(C)C. The zero-order valence-electron chi connectivity index (χ0n) is 22.9. The van der Waals surface area contributed by atoms with Crippen LogP contribution in [0, 0.1) is 16.0 Å². The molecule has 0 amide bonds. The summed E-state index contributed by atoms with van der Waals surface area (Å²) in [4.78, 5) is 27.7. The lowest BCUT2D eigenvalue weighted by Gasteiger charge is -2.33. The fraction of sp³-hybridized carbons (Fsp3) is 0.607. The van der Waals surface area contributed by atoms with Crippen molar-refractivity contribution in [3.8, 4) is 11.5 Å². The van der Waals surface area contributed by atoms with Crippen LogP contribution in [-0.4, -0.2) is 54.9 Å². The average Bonchev–Trinajstić information content (AvgIpc) is 2.71. The first-order valence-electron chi connectivity index (χ1n) is 12.6. The molecule has 36 heavy (non-hydrogen) atoms. The van der Waals surface area contributed by atoms with Gasteiger partial charge in [0.15, 0.2) is 6.54 Å². The third kappa shape index (κ3) is 8.36. The number of phenols is 1. The third-order valence-corrected chi connectivity index (χ3v) is 6.84. The summed E-state index contributed by atoms with van der Waals surface area (Å²) in [6.07, 6.45) is 6.03. The number of hydrogen-bond donors (Lipinski definition) is 1. The molecule has 0 aliphatic heterocycles. The largest absolute Gasteiger partial charge is 0.507 e. The highest BCUT2D eigenvalue weighted by molar-refractivity contribution is 5.74. The fourth-order valence-electron chi connectivity index (χ4n) is 4.82. The number of esters is 1. The molecule has 0 radical (unpaired) electrons. The highest BCUT2D eigenvalue weighted by atomic mass is 16.9. The topological polar surface area (TPSA) is 98.9 Å². The lowest BCUT2D eigenvalue weighted by molar-refractivity contribution is -0.862. The molecule has 0 saturated heterocycles. The highest BCUT2D eigenvalue weighted by Crippen LogP contribution is 2.48.